The van der Waals surface area contributed by atoms with Gasteiger partial charge < -0.3 is 19.9 Å². The SMILES string of the molecule is CC1CCCCC1OCC(O)CNCCC1CCOC1. The normalized spacial score (nSPS) is 32.4. The first kappa shape index (κ1) is 16.2. The van der Waals surface area contributed by atoms with Crippen molar-refractivity contribution in [3.8, 4) is 0 Å². The molecule has 118 valence electrons. The largest absolute Gasteiger partial charge is 0.389 e. The Morgan fingerprint density at radius 2 is 2.15 bits per heavy atom. The summed E-state index contributed by atoms with van der Waals surface area (Å²) in [4.78, 5) is 0. The minimum Gasteiger partial charge on any atom is -0.389 e. The van der Waals surface area contributed by atoms with E-state index < -0.39 is 0 Å². The number of rotatable bonds is 8. The zero-order valence-corrected chi connectivity index (χ0v) is 12.9. The highest BCUT2D eigenvalue weighted by molar-refractivity contribution is 4.73. The lowest BCUT2D eigenvalue weighted by atomic mass is 9.88. The molecule has 0 amide bonds. The first-order valence-electron chi connectivity index (χ1n) is 8.34. The van der Waals surface area contributed by atoms with Gasteiger partial charge >= 0.3 is 0 Å². The summed E-state index contributed by atoms with van der Waals surface area (Å²) in [6, 6.07) is 0. The summed E-state index contributed by atoms with van der Waals surface area (Å²) in [5, 5.41) is 13.3. The van der Waals surface area contributed by atoms with E-state index in [0.717, 1.165) is 32.6 Å². The van der Waals surface area contributed by atoms with E-state index in [9.17, 15) is 5.11 Å². The molecule has 2 rings (SSSR count). The van der Waals surface area contributed by atoms with Crippen molar-refractivity contribution >= 4 is 0 Å². The molecule has 4 unspecified atom stereocenters. The molecule has 1 saturated carbocycles. The zero-order chi connectivity index (χ0) is 14.2. The van der Waals surface area contributed by atoms with E-state index >= 15 is 0 Å². The number of aliphatic hydroxyl groups excluding tert-OH is 1. The summed E-state index contributed by atoms with van der Waals surface area (Å²) >= 11 is 0. The van der Waals surface area contributed by atoms with Crippen LogP contribution in [0.3, 0.4) is 0 Å². The van der Waals surface area contributed by atoms with Gasteiger partial charge in [0.2, 0.25) is 0 Å². The van der Waals surface area contributed by atoms with E-state index in [0.29, 0.717) is 31.1 Å². The van der Waals surface area contributed by atoms with Crippen molar-refractivity contribution in [2.45, 2.75) is 57.7 Å². The highest BCUT2D eigenvalue weighted by Gasteiger charge is 2.22. The molecule has 1 heterocycles. The minimum absolute atomic E-state index is 0.356. The Morgan fingerprint density at radius 3 is 2.90 bits per heavy atom. The maximum absolute atomic E-state index is 9.95. The van der Waals surface area contributed by atoms with Crippen molar-refractivity contribution in [2.75, 3.05) is 32.9 Å². The van der Waals surface area contributed by atoms with Gasteiger partial charge in [-0.3, -0.25) is 0 Å². The molecule has 1 aliphatic heterocycles. The van der Waals surface area contributed by atoms with Gasteiger partial charge in [0.1, 0.15) is 0 Å². The summed E-state index contributed by atoms with van der Waals surface area (Å²) in [5.41, 5.74) is 0. The Bertz CT molecular complexity index is 256. The molecule has 0 radical (unpaired) electrons. The number of hydrogen-bond acceptors (Lipinski definition) is 4. The molecular formula is C16H31NO3. The van der Waals surface area contributed by atoms with Crippen LogP contribution in [-0.4, -0.2) is 50.2 Å². The Kier molecular flexibility index (Phi) is 7.28. The van der Waals surface area contributed by atoms with Gasteiger partial charge in [-0.15, -0.1) is 0 Å². The van der Waals surface area contributed by atoms with Crippen LogP contribution >= 0.6 is 0 Å². The van der Waals surface area contributed by atoms with Gasteiger partial charge in [-0.2, -0.15) is 0 Å². The molecule has 0 aromatic heterocycles. The second-order valence-corrected chi connectivity index (χ2v) is 6.51. The molecule has 0 aromatic rings. The lowest BCUT2D eigenvalue weighted by molar-refractivity contribution is -0.0451. The second kappa shape index (κ2) is 8.98. The number of nitrogens with one attached hydrogen (secondary N) is 1. The van der Waals surface area contributed by atoms with E-state index in [2.05, 4.69) is 12.2 Å². The number of aliphatic hydroxyl groups is 1. The van der Waals surface area contributed by atoms with Crippen molar-refractivity contribution in [3.05, 3.63) is 0 Å². The first-order valence-corrected chi connectivity index (χ1v) is 8.34. The number of hydrogen-bond donors (Lipinski definition) is 2. The lowest BCUT2D eigenvalue weighted by Gasteiger charge is -2.29. The predicted molar refractivity (Wildman–Crippen MR) is 79.8 cm³/mol. The van der Waals surface area contributed by atoms with E-state index in [4.69, 9.17) is 9.47 Å². The summed E-state index contributed by atoms with van der Waals surface area (Å²) in [6.45, 7) is 6.15. The van der Waals surface area contributed by atoms with Crippen LogP contribution in [0.4, 0.5) is 0 Å². The van der Waals surface area contributed by atoms with Crippen LogP contribution in [0.2, 0.25) is 0 Å². The first-order chi connectivity index (χ1) is 9.75. The molecular weight excluding hydrogens is 254 g/mol. The van der Waals surface area contributed by atoms with Crippen LogP contribution in [0, 0.1) is 11.8 Å². The van der Waals surface area contributed by atoms with Crippen LogP contribution < -0.4 is 5.32 Å². The van der Waals surface area contributed by atoms with Crippen molar-refractivity contribution < 1.29 is 14.6 Å². The smallest absolute Gasteiger partial charge is 0.0897 e. The average Bonchev–Trinajstić information content (AvgIpc) is 2.96. The third-order valence-electron chi connectivity index (χ3n) is 4.67. The van der Waals surface area contributed by atoms with Crippen LogP contribution in [0.5, 0.6) is 0 Å². The Morgan fingerprint density at radius 1 is 1.30 bits per heavy atom. The van der Waals surface area contributed by atoms with Crippen LogP contribution in [-0.2, 0) is 9.47 Å². The fourth-order valence-electron chi connectivity index (χ4n) is 3.21. The lowest BCUT2D eigenvalue weighted by Crippen LogP contribution is -2.35. The molecule has 2 fully saturated rings. The molecule has 1 saturated heterocycles. The van der Waals surface area contributed by atoms with Gasteiger partial charge in [0.25, 0.3) is 0 Å². The van der Waals surface area contributed by atoms with Crippen molar-refractivity contribution in [1.82, 2.24) is 5.32 Å². The van der Waals surface area contributed by atoms with Gasteiger partial charge in [-0.05, 0) is 44.1 Å². The molecule has 0 bridgehead atoms. The van der Waals surface area contributed by atoms with E-state index in [-0.39, 0.29) is 6.10 Å². The Labute approximate surface area is 123 Å². The maximum Gasteiger partial charge on any atom is 0.0897 e. The monoisotopic (exact) mass is 285 g/mol. The summed E-state index contributed by atoms with van der Waals surface area (Å²) in [7, 11) is 0. The Hall–Kier alpha value is -0.160. The van der Waals surface area contributed by atoms with Gasteiger partial charge in [-0.1, -0.05) is 19.8 Å². The highest BCUT2D eigenvalue weighted by Crippen LogP contribution is 2.26. The molecule has 1 aliphatic carbocycles. The fourth-order valence-corrected chi connectivity index (χ4v) is 3.21. The van der Waals surface area contributed by atoms with E-state index in [1.165, 1.54) is 25.7 Å². The minimum atomic E-state index is -0.385. The quantitative estimate of drug-likeness (QED) is 0.669. The van der Waals surface area contributed by atoms with Crippen molar-refractivity contribution in [1.29, 1.82) is 0 Å². The Balaban J connectivity index is 1.48. The predicted octanol–water partition coefficient (Wildman–Crippen LogP) is 1.96. The summed E-state index contributed by atoms with van der Waals surface area (Å²) in [6.07, 6.45) is 7.33. The van der Waals surface area contributed by atoms with Gasteiger partial charge in [0, 0.05) is 19.8 Å². The highest BCUT2D eigenvalue weighted by atomic mass is 16.5. The second-order valence-electron chi connectivity index (χ2n) is 6.51. The number of ether oxygens (including phenoxy) is 2. The van der Waals surface area contributed by atoms with Crippen molar-refractivity contribution in [3.63, 3.8) is 0 Å². The molecule has 2 N–H and O–H groups in total. The molecule has 20 heavy (non-hydrogen) atoms. The van der Waals surface area contributed by atoms with Gasteiger partial charge in [-0.25, -0.2) is 0 Å². The fraction of sp³-hybridized carbons (Fsp3) is 1.00. The molecule has 0 aromatic carbocycles. The molecule has 4 atom stereocenters. The van der Waals surface area contributed by atoms with Gasteiger partial charge in [0.05, 0.1) is 18.8 Å². The van der Waals surface area contributed by atoms with Gasteiger partial charge in [0.15, 0.2) is 0 Å². The van der Waals surface area contributed by atoms with Crippen LogP contribution in [0.25, 0.3) is 0 Å². The van der Waals surface area contributed by atoms with Crippen molar-refractivity contribution in [2.24, 2.45) is 11.8 Å². The van der Waals surface area contributed by atoms with Crippen LogP contribution in [0.15, 0.2) is 0 Å². The van der Waals surface area contributed by atoms with Crippen LogP contribution in [0.1, 0.15) is 45.4 Å². The molecule has 4 nitrogen and oxygen atoms in total. The molecule has 2 aliphatic rings. The topological polar surface area (TPSA) is 50.7 Å². The summed E-state index contributed by atoms with van der Waals surface area (Å²) < 4.78 is 11.2. The van der Waals surface area contributed by atoms with E-state index in [1.54, 1.807) is 0 Å². The van der Waals surface area contributed by atoms with E-state index in [1.807, 2.05) is 0 Å². The average molecular weight is 285 g/mol. The molecule has 4 heteroatoms. The zero-order valence-electron chi connectivity index (χ0n) is 12.9. The molecule has 0 spiro atoms. The standard InChI is InChI=1S/C16H31NO3/c1-13-4-2-3-5-16(13)20-12-15(18)10-17-8-6-14-7-9-19-11-14/h13-18H,2-12H2,1H3. The maximum atomic E-state index is 9.95. The summed E-state index contributed by atoms with van der Waals surface area (Å²) in [5.74, 6) is 1.35. The third kappa shape index (κ3) is 5.68. The third-order valence-corrected chi connectivity index (χ3v) is 4.67.